The molecule has 0 aromatic rings. The van der Waals surface area contributed by atoms with Gasteiger partial charge in [0.1, 0.15) is 0 Å². The first kappa shape index (κ1) is 17.2. The third-order valence-corrected chi connectivity index (χ3v) is 6.57. The van der Waals surface area contributed by atoms with Crippen LogP contribution in [0.25, 0.3) is 0 Å². The lowest BCUT2D eigenvalue weighted by atomic mass is 9.88. The maximum Gasteiger partial charge on any atom is 0.216 e. The SMILES string of the molecule is CCOCCS(=O)(=O)N1CCCCCC1C1CCNCC1. The van der Waals surface area contributed by atoms with Gasteiger partial charge in [0.15, 0.2) is 0 Å². The summed E-state index contributed by atoms with van der Waals surface area (Å²) in [6.45, 7) is 5.53. The summed E-state index contributed by atoms with van der Waals surface area (Å²) >= 11 is 0. The van der Waals surface area contributed by atoms with Crippen molar-refractivity contribution < 1.29 is 13.2 Å². The van der Waals surface area contributed by atoms with Crippen molar-refractivity contribution in [2.45, 2.75) is 51.5 Å². The predicted molar refractivity (Wildman–Crippen MR) is 84.8 cm³/mol. The first-order valence-corrected chi connectivity index (χ1v) is 10.0. The maximum absolute atomic E-state index is 12.7. The van der Waals surface area contributed by atoms with Crippen LogP contribution in [0.15, 0.2) is 0 Å². The van der Waals surface area contributed by atoms with Crippen LogP contribution in [-0.2, 0) is 14.8 Å². The summed E-state index contributed by atoms with van der Waals surface area (Å²) in [7, 11) is -3.19. The van der Waals surface area contributed by atoms with E-state index in [9.17, 15) is 8.42 Å². The van der Waals surface area contributed by atoms with E-state index in [1.54, 1.807) is 0 Å². The highest BCUT2D eigenvalue weighted by Crippen LogP contribution is 2.30. The van der Waals surface area contributed by atoms with Crippen LogP contribution in [-0.4, -0.2) is 57.4 Å². The van der Waals surface area contributed by atoms with E-state index in [1.165, 1.54) is 0 Å². The van der Waals surface area contributed by atoms with E-state index in [1.807, 2.05) is 11.2 Å². The van der Waals surface area contributed by atoms with Gasteiger partial charge < -0.3 is 10.1 Å². The van der Waals surface area contributed by atoms with Crippen LogP contribution >= 0.6 is 0 Å². The van der Waals surface area contributed by atoms with Gasteiger partial charge in [-0.15, -0.1) is 0 Å². The van der Waals surface area contributed by atoms with Crippen LogP contribution < -0.4 is 5.32 Å². The second-order valence-corrected chi connectivity index (χ2v) is 8.17. The lowest BCUT2D eigenvalue weighted by Crippen LogP contribution is -2.48. The summed E-state index contributed by atoms with van der Waals surface area (Å²) in [5.41, 5.74) is 0. The van der Waals surface area contributed by atoms with E-state index in [-0.39, 0.29) is 11.8 Å². The Morgan fingerprint density at radius 2 is 1.90 bits per heavy atom. The number of piperidine rings is 1. The minimum absolute atomic E-state index is 0.127. The lowest BCUT2D eigenvalue weighted by Gasteiger charge is -2.37. The van der Waals surface area contributed by atoms with Crippen LogP contribution in [0.3, 0.4) is 0 Å². The van der Waals surface area contributed by atoms with Crippen LogP contribution in [0.4, 0.5) is 0 Å². The number of hydrogen-bond donors (Lipinski definition) is 1. The van der Waals surface area contributed by atoms with E-state index in [0.29, 0.717) is 25.7 Å². The monoisotopic (exact) mass is 318 g/mol. The fourth-order valence-electron chi connectivity index (χ4n) is 3.58. The molecule has 0 spiro atoms. The second-order valence-electron chi connectivity index (χ2n) is 6.13. The Morgan fingerprint density at radius 3 is 2.62 bits per heavy atom. The van der Waals surface area contributed by atoms with Crippen molar-refractivity contribution in [2.24, 2.45) is 5.92 Å². The zero-order chi connectivity index (χ0) is 15.1. The molecule has 6 heteroatoms. The zero-order valence-electron chi connectivity index (χ0n) is 13.2. The summed E-state index contributed by atoms with van der Waals surface area (Å²) in [4.78, 5) is 0. The van der Waals surface area contributed by atoms with Crippen molar-refractivity contribution in [3.8, 4) is 0 Å². The van der Waals surface area contributed by atoms with Gasteiger partial charge in [0.25, 0.3) is 0 Å². The van der Waals surface area contributed by atoms with Gasteiger partial charge in [-0.1, -0.05) is 12.8 Å². The fourth-order valence-corrected chi connectivity index (χ4v) is 5.24. The summed E-state index contributed by atoms with van der Waals surface area (Å²) in [6, 6.07) is 0.209. The van der Waals surface area contributed by atoms with Crippen molar-refractivity contribution in [1.82, 2.24) is 9.62 Å². The molecule has 0 saturated carbocycles. The minimum Gasteiger partial charge on any atom is -0.381 e. The molecular formula is C15H30N2O3S. The molecule has 124 valence electrons. The van der Waals surface area contributed by atoms with E-state index in [0.717, 1.165) is 51.6 Å². The van der Waals surface area contributed by atoms with Gasteiger partial charge in [-0.3, -0.25) is 0 Å². The highest BCUT2D eigenvalue weighted by atomic mass is 32.2. The van der Waals surface area contributed by atoms with Crippen molar-refractivity contribution in [2.75, 3.05) is 38.6 Å². The second kappa shape index (κ2) is 8.46. The molecule has 21 heavy (non-hydrogen) atoms. The van der Waals surface area contributed by atoms with Crippen molar-refractivity contribution >= 4 is 10.0 Å². The molecule has 2 aliphatic rings. The van der Waals surface area contributed by atoms with Gasteiger partial charge in [-0.2, -0.15) is 4.31 Å². The molecule has 0 aromatic carbocycles. The molecule has 0 amide bonds. The molecule has 2 fully saturated rings. The predicted octanol–water partition coefficient (Wildman–Crippen LogP) is 1.60. The highest BCUT2D eigenvalue weighted by Gasteiger charge is 2.36. The van der Waals surface area contributed by atoms with Crippen LogP contribution in [0.5, 0.6) is 0 Å². The van der Waals surface area contributed by atoms with E-state index in [4.69, 9.17) is 4.74 Å². The van der Waals surface area contributed by atoms with Crippen molar-refractivity contribution in [1.29, 1.82) is 0 Å². The topological polar surface area (TPSA) is 58.6 Å². The Labute approximate surface area is 129 Å². The lowest BCUT2D eigenvalue weighted by molar-refractivity contribution is 0.159. The maximum atomic E-state index is 12.7. The number of hydrogen-bond acceptors (Lipinski definition) is 4. The number of sulfonamides is 1. The minimum atomic E-state index is -3.19. The normalized spacial score (nSPS) is 26.6. The molecule has 1 atom stereocenters. The molecule has 1 unspecified atom stereocenters. The molecule has 1 N–H and O–H groups in total. The summed E-state index contributed by atoms with van der Waals surface area (Å²) in [5, 5.41) is 3.38. The molecule has 2 heterocycles. The standard InChI is InChI=1S/C15H30N2O3S/c1-2-20-12-13-21(18,19)17-11-5-3-4-6-15(17)14-7-9-16-10-8-14/h14-16H,2-13H2,1H3. The molecule has 2 saturated heterocycles. The number of nitrogens with one attached hydrogen (secondary N) is 1. The van der Waals surface area contributed by atoms with Crippen molar-refractivity contribution in [3.63, 3.8) is 0 Å². The summed E-state index contributed by atoms with van der Waals surface area (Å²) in [5.74, 6) is 0.647. The van der Waals surface area contributed by atoms with Crippen LogP contribution in [0.2, 0.25) is 0 Å². The quantitative estimate of drug-likeness (QED) is 0.756. The Morgan fingerprint density at radius 1 is 1.14 bits per heavy atom. The molecule has 0 aromatic heterocycles. The molecule has 0 radical (unpaired) electrons. The third-order valence-electron chi connectivity index (χ3n) is 4.72. The number of rotatable bonds is 6. The number of nitrogens with zero attached hydrogens (tertiary/aromatic N) is 1. The Hall–Kier alpha value is -0.170. The van der Waals surface area contributed by atoms with Crippen LogP contribution in [0.1, 0.15) is 45.4 Å². The first-order chi connectivity index (χ1) is 10.1. The average molecular weight is 318 g/mol. The first-order valence-electron chi connectivity index (χ1n) is 8.43. The molecular weight excluding hydrogens is 288 g/mol. The summed E-state index contributed by atoms with van der Waals surface area (Å²) in [6.07, 6.45) is 6.53. The van der Waals surface area contributed by atoms with Gasteiger partial charge in [0.2, 0.25) is 10.0 Å². The van der Waals surface area contributed by atoms with Crippen LogP contribution in [0, 0.1) is 5.92 Å². The van der Waals surface area contributed by atoms with Gasteiger partial charge in [0, 0.05) is 19.2 Å². The van der Waals surface area contributed by atoms with Gasteiger partial charge in [0.05, 0.1) is 12.4 Å². The highest BCUT2D eigenvalue weighted by molar-refractivity contribution is 7.89. The molecule has 0 aliphatic carbocycles. The van der Waals surface area contributed by atoms with E-state index >= 15 is 0 Å². The van der Waals surface area contributed by atoms with E-state index in [2.05, 4.69) is 5.32 Å². The largest absolute Gasteiger partial charge is 0.381 e. The molecule has 2 rings (SSSR count). The van der Waals surface area contributed by atoms with Gasteiger partial charge in [-0.25, -0.2) is 8.42 Å². The van der Waals surface area contributed by atoms with Gasteiger partial charge >= 0.3 is 0 Å². The summed E-state index contributed by atoms with van der Waals surface area (Å²) < 4.78 is 32.5. The number of ether oxygens (including phenoxy) is 1. The van der Waals surface area contributed by atoms with E-state index < -0.39 is 10.0 Å². The van der Waals surface area contributed by atoms with Crippen molar-refractivity contribution in [3.05, 3.63) is 0 Å². The zero-order valence-corrected chi connectivity index (χ0v) is 14.0. The molecule has 0 bridgehead atoms. The Bertz CT molecular complexity index is 394. The third kappa shape index (κ3) is 4.91. The Balaban J connectivity index is 2.07. The smallest absolute Gasteiger partial charge is 0.216 e. The Kier molecular flexibility index (Phi) is 6.92. The molecule has 5 nitrogen and oxygen atoms in total. The fraction of sp³-hybridized carbons (Fsp3) is 1.00. The molecule has 2 aliphatic heterocycles. The average Bonchev–Trinajstić information content (AvgIpc) is 2.74. The van der Waals surface area contributed by atoms with Gasteiger partial charge in [-0.05, 0) is 51.6 Å².